The van der Waals surface area contributed by atoms with Crippen LogP contribution < -0.4 is 5.32 Å². The molecule has 1 unspecified atom stereocenters. The molecule has 0 aliphatic heterocycles. The molecule has 18 heavy (non-hydrogen) atoms. The van der Waals surface area contributed by atoms with Crippen molar-refractivity contribution in [3.63, 3.8) is 0 Å². The monoisotopic (exact) mass is 285 g/mol. The summed E-state index contributed by atoms with van der Waals surface area (Å²) in [7, 11) is 0. The zero-order chi connectivity index (χ0) is 13.1. The molecule has 4 nitrogen and oxygen atoms in total. The Morgan fingerprint density at radius 2 is 2.11 bits per heavy atom. The number of nitrogens with one attached hydrogen (secondary N) is 1. The highest BCUT2D eigenvalue weighted by Gasteiger charge is 2.15. The lowest BCUT2D eigenvalue weighted by molar-refractivity contribution is 0.429. The fourth-order valence-electron chi connectivity index (χ4n) is 1.57. The number of hydrogen-bond donors (Lipinski definition) is 1. The third-order valence-corrected chi connectivity index (χ3v) is 3.03. The summed E-state index contributed by atoms with van der Waals surface area (Å²) < 4.78 is 5.59. The summed E-state index contributed by atoms with van der Waals surface area (Å²) in [6.45, 7) is 4.81. The number of hydrogen-bond acceptors (Lipinski definition) is 4. The van der Waals surface area contributed by atoms with Crippen LogP contribution in [0.1, 0.15) is 25.8 Å². The molecule has 0 amide bonds. The van der Waals surface area contributed by atoms with Crippen LogP contribution in [0.15, 0.2) is 22.6 Å². The van der Waals surface area contributed by atoms with Crippen LogP contribution in [0.5, 0.6) is 0 Å². The highest BCUT2D eigenvalue weighted by Crippen LogP contribution is 2.30. The highest BCUT2D eigenvalue weighted by molar-refractivity contribution is 6.36. The van der Waals surface area contributed by atoms with Crippen molar-refractivity contribution in [3.8, 4) is 11.5 Å². The molecule has 1 heterocycles. The lowest BCUT2D eigenvalue weighted by Gasteiger charge is -2.05. The summed E-state index contributed by atoms with van der Waals surface area (Å²) in [6.07, 6.45) is 0. The van der Waals surface area contributed by atoms with Crippen molar-refractivity contribution in [2.75, 3.05) is 6.54 Å². The van der Waals surface area contributed by atoms with Crippen LogP contribution in [0.3, 0.4) is 0 Å². The maximum absolute atomic E-state index is 6.09. The van der Waals surface area contributed by atoms with Gasteiger partial charge in [0, 0.05) is 5.02 Å². The molecule has 0 aliphatic rings. The molecule has 1 aromatic heterocycles. The van der Waals surface area contributed by atoms with Crippen LogP contribution in [0.4, 0.5) is 0 Å². The normalized spacial score (nSPS) is 12.7. The second-order valence-corrected chi connectivity index (χ2v) is 4.69. The Bertz CT molecular complexity index is 542. The van der Waals surface area contributed by atoms with E-state index in [4.69, 9.17) is 27.6 Å². The van der Waals surface area contributed by atoms with Gasteiger partial charge in [-0.3, -0.25) is 0 Å². The van der Waals surface area contributed by atoms with E-state index in [9.17, 15) is 0 Å². The minimum Gasteiger partial charge on any atom is -0.419 e. The van der Waals surface area contributed by atoms with E-state index in [1.165, 1.54) is 0 Å². The van der Waals surface area contributed by atoms with Crippen molar-refractivity contribution < 1.29 is 4.42 Å². The largest absolute Gasteiger partial charge is 0.419 e. The Morgan fingerprint density at radius 1 is 1.33 bits per heavy atom. The van der Waals surface area contributed by atoms with Gasteiger partial charge in [-0.05, 0) is 31.7 Å². The summed E-state index contributed by atoms with van der Waals surface area (Å²) in [5, 5.41) is 12.3. The lowest BCUT2D eigenvalue weighted by atomic mass is 10.2. The predicted octanol–water partition coefficient (Wildman–Crippen LogP) is 3.71. The first-order chi connectivity index (χ1) is 8.61. The number of halogens is 2. The molecule has 6 heteroatoms. The standard InChI is InChI=1S/C12H13Cl2N3O/c1-3-15-7(2)11-16-17-12(18-11)9-5-4-8(13)6-10(9)14/h4-7,15H,3H2,1-2H3. The molecule has 1 N–H and O–H groups in total. The molecule has 2 aromatic rings. The minimum atomic E-state index is 0.0160. The Morgan fingerprint density at radius 3 is 2.78 bits per heavy atom. The molecule has 0 fully saturated rings. The molecule has 1 aromatic carbocycles. The average Bonchev–Trinajstić information content (AvgIpc) is 2.78. The molecule has 0 spiro atoms. The maximum atomic E-state index is 6.09. The summed E-state index contributed by atoms with van der Waals surface area (Å²) in [5.41, 5.74) is 0.684. The van der Waals surface area contributed by atoms with Gasteiger partial charge < -0.3 is 9.73 Å². The summed E-state index contributed by atoms with van der Waals surface area (Å²) in [6, 6.07) is 5.17. The SMILES string of the molecule is CCNC(C)c1nnc(-c2ccc(Cl)cc2Cl)o1. The second-order valence-electron chi connectivity index (χ2n) is 3.85. The molecular formula is C12H13Cl2N3O. The topological polar surface area (TPSA) is 51.0 Å². The third-order valence-electron chi connectivity index (χ3n) is 2.48. The van der Waals surface area contributed by atoms with Gasteiger partial charge in [-0.2, -0.15) is 0 Å². The number of benzene rings is 1. The first-order valence-corrected chi connectivity index (χ1v) is 6.39. The Hall–Kier alpha value is -1.10. The van der Waals surface area contributed by atoms with Crippen molar-refractivity contribution in [1.29, 1.82) is 0 Å². The van der Waals surface area contributed by atoms with E-state index < -0.39 is 0 Å². The van der Waals surface area contributed by atoms with Crippen molar-refractivity contribution in [3.05, 3.63) is 34.1 Å². The Kier molecular flexibility index (Phi) is 4.22. The fraction of sp³-hybridized carbons (Fsp3) is 0.333. The molecule has 0 radical (unpaired) electrons. The van der Waals surface area contributed by atoms with Gasteiger partial charge in [-0.15, -0.1) is 10.2 Å². The average molecular weight is 286 g/mol. The summed E-state index contributed by atoms with van der Waals surface area (Å²) >= 11 is 11.9. The van der Waals surface area contributed by atoms with E-state index in [1.54, 1.807) is 18.2 Å². The van der Waals surface area contributed by atoms with Gasteiger partial charge in [0.05, 0.1) is 16.6 Å². The molecule has 0 saturated carbocycles. The zero-order valence-corrected chi connectivity index (χ0v) is 11.6. The second kappa shape index (κ2) is 5.69. The highest BCUT2D eigenvalue weighted by atomic mass is 35.5. The number of nitrogens with zero attached hydrogens (tertiary/aromatic N) is 2. The van der Waals surface area contributed by atoms with E-state index in [1.807, 2.05) is 13.8 Å². The van der Waals surface area contributed by atoms with Crippen LogP contribution in [-0.4, -0.2) is 16.7 Å². The van der Waals surface area contributed by atoms with Crippen LogP contribution in [0.2, 0.25) is 10.0 Å². The molecular weight excluding hydrogens is 273 g/mol. The Balaban J connectivity index is 2.29. The van der Waals surface area contributed by atoms with Crippen LogP contribution >= 0.6 is 23.2 Å². The zero-order valence-electron chi connectivity index (χ0n) is 10.1. The quantitative estimate of drug-likeness (QED) is 0.930. The van der Waals surface area contributed by atoms with Crippen LogP contribution in [0, 0.1) is 0 Å². The molecule has 2 rings (SSSR count). The summed E-state index contributed by atoms with van der Waals surface area (Å²) in [5.74, 6) is 0.939. The van der Waals surface area contributed by atoms with Crippen LogP contribution in [-0.2, 0) is 0 Å². The van der Waals surface area contributed by atoms with Crippen molar-refractivity contribution in [1.82, 2.24) is 15.5 Å². The van der Waals surface area contributed by atoms with Gasteiger partial charge in [0.1, 0.15) is 0 Å². The van der Waals surface area contributed by atoms with E-state index in [0.29, 0.717) is 27.4 Å². The van der Waals surface area contributed by atoms with Crippen LogP contribution in [0.25, 0.3) is 11.5 Å². The fourth-order valence-corrected chi connectivity index (χ4v) is 2.06. The van der Waals surface area contributed by atoms with Gasteiger partial charge in [0.25, 0.3) is 0 Å². The molecule has 0 saturated heterocycles. The Labute approximate surface area is 115 Å². The van der Waals surface area contributed by atoms with E-state index in [2.05, 4.69) is 15.5 Å². The predicted molar refractivity (Wildman–Crippen MR) is 71.8 cm³/mol. The molecule has 0 bridgehead atoms. The van der Waals surface area contributed by atoms with E-state index in [0.717, 1.165) is 6.54 Å². The molecule has 1 atom stereocenters. The van der Waals surface area contributed by atoms with Crippen molar-refractivity contribution in [2.45, 2.75) is 19.9 Å². The molecule has 96 valence electrons. The van der Waals surface area contributed by atoms with Gasteiger partial charge in [-0.25, -0.2) is 0 Å². The van der Waals surface area contributed by atoms with E-state index >= 15 is 0 Å². The lowest BCUT2D eigenvalue weighted by Crippen LogP contribution is -2.17. The molecule has 0 aliphatic carbocycles. The van der Waals surface area contributed by atoms with Crippen molar-refractivity contribution in [2.24, 2.45) is 0 Å². The van der Waals surface area contributed by atoms with Gasteiger partial charge >= 0.3 is 0 Å². The van der Waals surface area contributed by atoms with Gasteiger partial charge in [0.2, 0.25) is 11.8 Å². The number of aromatic nitrogens is 2. The van der Waals surface area contributed by atoms with E-state index in [-0.39, 0.29) is 6.04 Å². The smallest absolute Gasteiger partial charge is 0.249 e. The summed E-state index contributed by atoms with van der Waals surface area (Å²) in [4.78, 5) is 0. The minimum absolute atomic E-state index is 0.0160. The third kappa shape index (κ3) is 2.83. The maximum Gasteiger partial charge on any atom is 0.249 e. The number of rotatable bonds is 4. The first kappa shape index (κ1) is 13.3. The first-order valence-electron chi connectivity index (χ1n) is 5.64. The van der Waals surface area contributed by atoms with Crippen molar-refractivity contribution >= 4 is 23.2 Å². The van der Waals surface area contributed by atoms with Gasteiger partial charge in [-0.1, -0.05) is 30.1 Å². The van der Waals surface area contributed by atoms with Gasteiger partial charge in [0.15, 0.2) is 0 Å².